The van der Waals surface area contributed by atoms with Crippen LogP contribution in [0.5, 0.6) is 0 Å². The standard InChI is InChI=1S/C16H20O5/c1-19-9-10-4-5-11-7-13(15(17)20-2)14(16(18)21-3)8-12(11)6-10/h4H,5-9H2,1-3H3. The molecule has 0 saturated heterocycles. The second-order valence-corrected chi connectivity index (χ2v) is 5.18. The highest BCUT2D eigenvalue weighted by Crippen LogP contribution is 2.38. The van der Waals surface area contributed by atoms with Crippen molar-refractivity contribution in [3.8, 4) is 0 Å². The summed E-state index contributed by atoms with van der Waals surface area (Å²) in [5.74, 6) is -0.904. The molecule has 0 radical (unpaired) electrons. The maximum atomic E-state index is 11.9. The zero-order chi connectivity index (χ0) is 15.4. The van der Waals surface area contributed by atoms with Crippen LogP contribution in [0.15, 0.2) is 33.9 Å². The molecule has 5 nitrogen and oxygen atoms in total. The lowest BCUT2D eigenvalue weighted by molar-refractivity contribution is -0.139. The lowest BCUT2D eigenvalue weighted by Crippen LogP contribution is -2.21. The van der Waals surface area contributed by atoms with Crippen LogP contribution in [-0.2, 0) is 23.8 Å². The fourth-order valence-electron chi connectivity index (χ4n) is 2.84. The molecule has 0 bridgehead atoms. The fourth-order valence-corrected chi connectivity index (χ4v) is 2.84. The summed E-state index contributed by atoms with van der Waals surface area (Å²) < 4.78 is 14.8. The van der Waals surface area contributed by atoms with Gasteiger partial charge in [0.1, 0.15) is 0 Å². The summed E-state index contributed by atoms with van der Waals surface area (Å²) in [6, 6.07) is 0. The summed E-state index contributed by atoms with van der Waals surface area (Å²) in [5.41, 5.74) is 4.44. The van der Waals surface area contributed by atoms with E-state index in [9.17, 15) is 9.59 Å². The minimum atomic E-state index is -0.454. The van der Waals surface area contributed by atoms with E-state index >= 15 is 0 Å². The average molecular weight is 292 g/mol. The molecule has 0 aliphatic heterocycles. The van der Waals surface area contributed by atoms with E-state index in [0.717, 1.165) is 12.8 Å². The highest BCUT2D eigenvalue weighted by Gasteiger charge is 2.30. The Kier molecular flexibility index (Phi) is 4.96. The van der Waals surface area contributed by atoms with Gasteiger partial charge in [-0.3, -0.25) is 0 Å². The van der Waals surface area contributed by atoms with Crippen LogP contribution >= 0.6 is 0 Å². The van der Waals surface area contributed by atoms with Crippen LogP contribution in [0.1, 0.15) is 25.7 Å². The van der Waals surface area contributed by atoms with Gasteiger partial charge in [-0.05, 0) is 18.4 Å². The van der Waals surface area contributed by atoms with Crippen molar-refractivity contribution in [1.82, 2.24) is 0 Å². The van der Waals surface area contributed by atoms with Gasteiger partial charge in [-0.1, -0.05) is 17.2 Å². The second kappa shape index (κ2) is 6.72. The second-order valence-electron chi connectivity index (χ2n) is 5.18. The van der Waals surface area contributed by atoms with Gasteiger partial charge < -0.3 is 14.2 Å². The lowest BCUT2D eigenvalue weighted by Gasteiger charge is -2.27. The fraction of sp³-hybridized carbons (Fsp3) is 0.500. The largest absolute Gasteiger partial charge is 0.466 e. The predicted molar refractivity (Wildman–Crippen MR) is 76.5 cm³/mol. The van der Waals surface area contributed by atoms with Crippen LogP contribution in [0.4, 0.5) is 0 Å². The zero-order valence-electron chi connectivity index (χ0n) is 12.7. The van der Waals surface area contributed by atoms with E-state index in [0.29, 0.717) is 30.6 Å². The van der Waals surface area contributed by atoms with Crippen molar-refractivity contribution in [1.29, 1.82) is 0 Å². The average Bonchev–Trinajstić information content (AvgIpc) is 2.52. The molecule has 21 heavy (non-hydrogen) atoms. The molecular formula is C16H20O5. The van der Waals surface area contributed by atoms with Crippen molar-refractivity contribution in [3.05, 3.63) is 33.9 Å². The number of esters is 2. The first-order valence-electron chi connectivity index (χ1n) is 6.86. The number of hydrogen-bond donors (Lipinski definition) is 0. The number of hydrogen-bond acceptors (Lipinski definition) is 5. The van der Waals surface area contributed by atoms with Gasteiger partial charge >= 0.3 is 11.9 Å². The van der Waals surface area contributed by atoms with Gasteiger partial charge in [0.2, 0.25) is 0 Å². The SMILES string of the molecule is COCC1=CCC2=C(C1)CC(C(=O)OC)=C(C(=O)OC)C2. The number of rotatable bonds is 4. The summed E-state index contributed by atoms with van der Waals surface area (Å²) in [7, 11) is 4.32. The Morgan fingerprint density at radius 3 is 2.05 bits per heavy atom. The summed E-state index contributed by atoms with van der Waals surface area (Å²) in [4.78, 5) is 23.8. The van der Waals surface area contributed by atoms with E-state index in [1.54, 1.807) is 7.11 Å². The van der Waals surface area contributed by atoms with Crippen molar-refractivity contribution in [2.45, 2.75) is 25.7 Å². The Morgan fingerprint density at radius 1 is 0.952 bits per heavy atom. The molecule has 0 fully saturated rings. The molecule has 114 valence electrons. The van der Waals surface area contributed by atoms with E-state index < -0.39 is 11.9 Å². The molecule has 2 aliphatic carbocycles. The third-order valence-corrected chi connectivity index (χ3v) is 3.92. The van der Waals surface area contributed by atoms with Crippen LogP contribution in [0.2, 0.25) is 0 Å². The number of ether oxygens (including phenoxy) is 3. The molecule has 0 saturated carbocycles. The van der Waals surface area contributed by atoms with Crippen molar-refractivity contribution >= 4 is 11.9 Å². The maximum Gasteiger partial charge on any atom is 0.334 e. The van der Waals surface area contributed by atoms with Gasteiger partial charge in [0.25, 0.3) is 0 Å². The summed E-state index contributed by atoms with van der Waals surface area (Å²) >= 11 is 0. The van der Waals surface area contributed by atoms with E-state index in [2.05, 4.69) is 6.08 Å². The quantitative estimate of drug-likeness (QED) is 0.586. The molecule has 2 rings (SSSR count). The summed E-state index contributed by atoms with van der Waals surface area (Å²) in [6.45, 7) is 0.595. The van der Waals surface area contributed by atoms with Crippen molar-refractivity contribution in [2.24, 2.45) is 0 Å². The molecular weight excluding hydrogens is 272 g/mol. The molecule has 0 unspecified atom stereocenters. The van der Waals surface area contributed by atoms with E-state index in [1.165, 1.54) is 30.9 Å². The van der Waals surface area contributed by atoms with Crippen LogP contribution in [0.3, 0.4) is 0 Å². The molecule has 0 heterocycles. The Labute approximate surface area is 124 Å². The van der Waals surface area contributed by atoms with Gasteiger partial charge in [0.05, 0.1) is 32.0 Å². The molecule has 0 N–H and O–H groups in total. The first kappa shape index (κ1) is 15.5. The highest BCUT2D eigenvalue weighted by molar-refractivity contribution is 6.01. The predicted octanol–water partition coefficient (Wildman–Crippen LogP) is 2.09. The zero-order valence-corrected chi connectivity index (χ0v) is 12.7. The van der Waals surface area contributed by atoms with Crippen molar-refractivity contribution in [3.63, 3.8) is 0 Å². The van der Waals surface area contributed by atoms with Gasteiger partial charge in [-0.2, -0.15) is 0 Å². The van der Waals surface area contributed by atoms with Gasteiger partial charge in [-0.15, -0.1) is 0 Å². The van der Waals surface area contributed by atoms with Crippen LogP contribution < -0.4 is 0 Å². The topological polar surface area (TPSA) is 61.8 Å². The molecule has 0 aromatic rings. The lowest BCUT2D eigenvalue weighted by atomic mass is 9.79. The minimum absolute atomic E-state index is 0.418. The Morgan fingerprint density at radius 2 is 1.52 bits per heavy atom. The number of carbonyl (C=O) groups is 2. The first-order chi connectivity index (χ1) is 10.1. The molecule has 5 heteroatoms. The molecule has 0 aromatic carbocycles. The highest BCUT2D eigenvalue weighted by atomic mass is 16.5. The Hall–Kier alpha value is -1.88. The smallest absolute Gasteiger partial charge is 0.334 e. The van der Waals surface area contributed by atoms with E-state index in [-0.39, 0.29) is 0 Å². The van der Waals surface area contributed by atoms with E-state index in [4.69, 9.17) is 14.2 Å². The molecule has 0 atom stereocenters. The maximum absolute atomic E-state index is 11.9. The molecule has 0 aromatic heterocycles. The summed E-state index contributed by atoms with van der Waals surface area (Å²) in [6.07, 6.45) is 4.64. The molecule has 0 amide bonds. The number of carbonyl (C=O) groups excluding carboxylic acids is 2. The number of allylic oxidation sites excluding steroid dienone is 3. The van der Waals surface area contributed by atoms with Crippen LogP contribution in [-0.4, -0.2) is 39.9 Å². The van der Waals surface area contributed by atoms with Gasteiger partial charge in [-0.25, -0.2) is 9.59 Å². The third kappa shape index (κ3) is 3.24. The van der Waals surface area contributed by atoms with Crippen molar-refractivity contribution in [2.75, 3.05) is 27.9 Å². The number of methoxy groups -OCH3 is 3. The molecule has 2 aliphatic rings. The molecule has 0 spiro atoms. The normalized spacial score (nSPS) is 18.1. The van der Waals surface area contributed by atoms with Gasteiger partial charge in [0, 0.05) is 20.0 Å². The Balaban J connectivity index is 2.24. The third-order valence-electron chi connectivity index (χ3n) is 3.92. The van der Waals surface area contributed by atoms with Gasteiger partial charge in [0.15, 0.2) is 0 Å². The summed E-state index contributed by atoms with van der Waals surface area (Å²) in [5, 5.41) is 0. The van der Waals surface area contributed by atoms with Crippen LogP contribution in [0.25, 0.3) is 0 Å². The monoisotopic (exact) mass is 292 g/mol. The van der Waals surface area contributed by atoms with Crippen LogP contribution in [0, 0.1) is 0 Å². The van der Waals surface area contributed by atoms with E-state index in [1.807, 2.05) is 0 Å². The Bertz CT molecular complexity index is 551. The van der Waals surface area contributed by atoms with Crippen molar-refractivity contribution < 1.29 is 23.8 Å². The minimum Gasteiger partial charge on any atom is -0.466 e. The first-order valence-corrected chi connectivity index (χ1v) is 6.86.